The molecule has 0 aliphatic carbocycles. The summed E-state index contributed by atoms with van der Waals surface area (Å²) in [5.41, 5.74) is 6.50. The van der Waals surface area contributed by atoms with Crippen LogP contribution in [0.5, 0.6) is 5.75 Å². The van der Waals surface area contributed by atoms with Crippen molar-refractivity contribution in [1.29, 1.82) is 0 Å². The highest BCUT2D eigenvalue weighted by molar-refractivity contribution is 6.18. The van der Waals surface area contributed by atoms with Gasteiger partial charge >= 0.3 is 5.97 Å². The minimum absolute atomic E-state index is 0.152. The molecule has 0 saturated heterocycles. The van der Waals surface area contributed by atoms with Crippen molar-refractivity contribution >= 4 is 17.4 Å². The fourth-order valence-corrected chi connectivity index (χ4v) is 2.60. The smallest absolute Gasteiger partial charge is 0.336 e. The molecule has 0 radical (unpaired) electrons. The highest BCUT2D eigenvalue weighted by Gasteiger charge is 2.28. The van der Waals surface area contributed by atoms with E-state index in [2.05, 4.69) is 0 Å². The lowest BCUT2D eigenvalue weighted by atomic mass is 9.89. The van der Waals surface area contributed by atoms with Gasteiger partial charge in [-0.05, 0) is 24.5 Å². The van der Waals surface area contributed by atoms with Gasteiger partial charge in [0.25, 0.3) is 0 Å². The van der Waals surface area contributed by atoms with Crippen LogP contribution in [-0.2, 0) is 6.42 Å². The van der Waals surface area contributed by atoms with Crippen LogP contribution in [-0.4, -0.2) is 22.0 Å². The number of ketones is 1. The van der Waals surface area contributed by atoms with E-state index in [1.807, 2.05) is 0 Å². The van der Waals surface area contributed by atoms with Gasteiger partial charge in [-0.1, -0.05) is 37.3 Å². The quantitative estimate of drug-likeness (QED) is 0.458. The Morgan fingerprint density at radius 3 is 2.23 bits per heavy atom. The Kier molecular flexibility index (Phi) is 4.17. The van der Waals surface area contributed by atoms with Crippen molar-refractivity contribution in [1.82, 2.24) is 0 Å². The molecule has 0 spiro atoms. The maximum Gasteiger partial charge on any atom is 0.336 e. The van der Waals surface area contributed by atoms with Crippen molar-refractivity contribution in [3.63, 3.8) is 0 Å². The zero-order chi connectivity index (χ0) is 16.4. The normalized spacial score (nSPS) is 10.5. The Bertz CT molecular complexity index is 751. The van der Waals surface area contributed by atoms with Gasteiger partial charge in [0.15, 0.2) is 5.78 Å². The molecular weight excluding hydrogens is 282 g/mol. The summed E-state index contributed by atoms with van der Waals surface area (Å²) in [5.74, 6) is -1.97. The molecule has 0 atom stereocenters. The van der Waals surface area contributed by atoms with Crippen LogP contribution in [0, 0.1) is 6.92 Å². The number of nitrogens with two attached hydrogens (primary N) is 1. The number of hydrogen-bond donors (Lipinski definition) is 3. The Labute approximate surface area is 128 Å². The van der Waals surface area contributed by atoms with Crippen molar-refractivity contribution in [2.75, 3.05) is 5.73 Å². The van der Waals surface area contributed by atoms with E-state index in [1.165, 1.54) is 0 Å². The number of nitrogen functional groups attached to an aromatic ring is 1. The van der Waals surface area contributed by atoms with Crippen molar-refractivity contribution in [3.05, 3.63) is 58.1 Å². The van der Waals surface area contributed by atoms with Gasteiger partial charge in [0.1, 0.15) is 5.75 Å². The third kappa shape index (κ3) is 2.41. The zero-order valence-corrected chi connectivity index (χ0v) is 12.4. The maximum atomic E-state index is 12.6. The molecule has 22 heavy (non-hydrogen) atoms. The molecule has 5 heteroatoms. The first kappa shape index (κ1) is 15.6. The molecule has 0 fully saturated rings. The Morgan fingerprint density at radius 2 is 1.73 bits per heavy atom. The van der Waals surface area contributed by atoms with Gasteiger partial charge in [-0.2, -0.15) is 0 Å². The highest BCUT2D eigenvalue weighted by atomic mass is 16.4. The van der Waals surface area contributed by atoms with Crippen LogP contribution >= 0.6 is 0 Å². The minimum Gasteiger partial charge on any atom is -0.505 e. The summed E-state index contributed by atoms with van der Waals surface area (Å²) >= 11 is 0. The number of hydrogen-bond acceptors (Lipinski definition) is 4. The standard InChI is InChI=1S/C17H17NO4/c1-3-11-9(2)12(17(21)22)13(14(18)16(11)20)15(19)10-7-5-4-6-8-10/h4-8,20H,3,18H2,1-2H3,(H,21,22). The Hall–Kier alpha value is -2.82. The molecule has 0 aliphatic rings. The molecule has 0 saturated carbocycles. The Morgan fingerprint density at radius 1 is 1.14 bits per heavy atom. The molecule has 0 aromatic heterocycles. The third-order valence-electron chi connectivity index (χ3n) is 3.72. The van der Waals surface area contributed by atoms with E-state index >= 15 is 0 Å². The SMILES string of the molecule is CCc1c(C)c(C(=O)O)c(C(=O)c2ccccc2)c(N)c1O. The summed E-state index contributed by atoms with van der Waals surface area (Å²) in [4.78, 5) is 24.3. The number of carboxylic acid groups (broad SMARTS) is 1. The van der Waals surface area contributed by atoms with Crippen LogP contribution < -0.4 is 5.73 Å². The van der Waals surface area contributed by atoms with Crippen LogP contribution in [0.15, 0.2) is 30.3 Å². The second kappa shape index (κ2) is 5.89. The molecule has 2 aromatic carbocycles. The predicted molar refractivity (Wildman–Crippen MR) is 83.5 cm³/mol. The summed E-state index contributed by atoms with van der Waals surface area (Å²) in [6, 6.07) is 8.26. The summed E-state index contributed by atoms with van der Waals surface area (Å²) in [7, 11) is 0. The monoisotopic (exact) mass is 299 g/mol. The van der Waals surface area contributed by atoms with Crippen molar-refractivity contribution in [2.24, 2.45) is 0 Å². The second-order valence-corrected chi connectivity index (χ2v) is 4.97. The summed E-state index contributed by atoms with van der Waals surface area (Å²) < 4.78 is 0. The van der Waals surface area contributed by atoms with Crippen LogP contribution in [0.25, 0.3) is 0 Å². The van der Waals surface area contributed by atoms with Gasteiger partial charge in [0, 0.05) is 5.56 Å². The molecular formula is C17H17NO4. The van der Waals surface area contributed by atoms with Crippen molar-refractivity contribution in [3.8, 4) is 5.75 Å². The number of benzene rings is 2. The van der Waals surface area contributed by atoms with Gasteiger partial charge in [0.2, 0.25) is 0 Å². The number of aromatic hydroxyl groups is 1. The molecule has 0 heterocycles. The zero-order valence-electron chi connectivity index (χ0n) is 12.4. The summed E-state index contributed by atoms with van der Waals surface area (Å²) in [6.07, 6.45) is 0.419. The first-order chi connectivity index (χ1) is 10.4. The van der Waals surface area contributed by atoms with Crippen molar-refractivity contribution < 1.29 is 19.8 Å². The molecule has 4 N–H and O–H groups in total. The number of phenolic OH excluding ortho intramolecular Hbond substituents is 1. The van der Waals surface area contributed by atoms with E-state index in [4.69, 9.17) is 5.73 Å². The molecule has 5 nitrogen and oxygen atoms in total. The van der Waals surface area contributed by atoms with Gasteiger partial charge < -0.3 is 15.9 Å². The number of rotatable bonds is 4. The molecule has 0 amide bonds. The van der Waals surface area contributed by atoms with E-state index < -0.39 is 11.8 Å². The first-order valence-corrected chi connectivity index (χ1v) is 6.87. The lowest BCUT2D eigenvalue weighted by Gasteiger charge is -2.17. The van der Waals surface area contributed by atoms with Gasteiger partial charge in [-0.15, -0.1) is 0 Å². The molecule has 0 unspecified atom stereocenters. The van der Waals surface area contributed by atoms with Crippen LogP contribution in [0.3, 0.4) is 0 Å². The number of aromatic carboxylic acids is 1. The van der Waals surface area contributed by atoms with Crippen LogP contribution in [0.2, 0.25) is 0 Å². The van der Waals surface area contributed by atoms with E-state index in [-0.39, 0.29) is 22.6 Å². The van der Waals surface area contributed by atoms with E-state index in [0.717, 1.165) is 0 Å². The minimum atomic E-state index is -1.24. The molecule has 0 aliphatic heterocycles. The van der Waals surface area contributed by atoms with Crippen molar-refractivity contribution in [2.45, 2.75) is 20.3 Å². The largest absolute Gasteiger partial charge is 0.505 e. The first-order valence-electron chi connectivity index (χ1n) is 6.87. The fraction of sp³-hybridized carbons (Fsp3) is 0.176. The number of carbonyl (C=O) groups is 2. The lowest BCUT2D eigenvalue weighted by molar-refractivity contribution is 0.0692. The predicted octanol–water partition coefficient (Wildman–Crippen LogP) is 2.77. The maximum absolute atomic E-state index is 12.6. The molecule has 2 rings (SSSR count). The average Bonchev–Trinajstić information content (AvgIpc) is 2.51. The highest BCUT2D eigenvalue weighted by Crippen LogP contribution is 2.36. The molecule has 114 valence electrons. The molecule has 0 bridgehead atoms. The average molecular weight is 299 g/mol. The van der Waals surface area contributed by atoms with Crippen LogP contribution in [0.1, 0.15) is 44.3 Å². The third-order valence-corrected chi connectivity index (χ3v) is 3.72. The van der Waals surface area contributed by atoms with Gasteiger partial charge in [-0.3, -0.25) is 4.79 Å². The number of anilines is 1. The number of phenols is 1. The Balaban J connectivity index is 2.81. The van der Waals surface area contributed by atoms with Gasteiger partial charge in [-0.25, -0.2) is 4.79 Å². The number of carboxylic acids is 1. The topological polar surface area (TPSA) is 101 Å². The van der Waals surface area contributed by atoms with E-state index in [1.54, 1.807) is 44.2 Å². The number of carbonyl (C=O) groups excluding carboxylic acids is 1. The summed E-state index contributed by atoms with van der Waals surface area (Å²) in [6.45, 7) is 3.36. The molecule has 2 aromatic rings. The van der Waals surface area contributed by atoms with Gasteiger partial charge in [0.05, 0.1) is 16.8 Å². The van der Waals surface area contributed by atoms with E-state index in [9.17, 15) is 19.8 Å². The summed E-state index contributed by atoms with van der Waals surface area (Å²) in [5, 5.41) is 19.7. The van der Waals surface area contributed by atoms with E-state index in [0.29, 0.717) is 23.1 Å². The lowest BCUT2D eigenvalue weighted by Crippen LogP contribution is -2.16. The second-order valence-electron chi connectivity index (χ2n) is 4.97. The van der Waals surface area contributed by atoms with Crippen LogP contribution in [0.4, 0.5) is 5.69 Å². The fourth-order valence-electron chi connectivity index (χ4n) is 2.60.